The molecule has 2 nitrogen and oxygen atoms in total. The fourth-order valence-corrected chi connectivity index (χ4v) is 5.30. The van der Waals surface area contributed by atoms with Gasteiger partial charge in [-0.25, -0.2) is 0 Å². The van der Waals surface area contributed by atoms with Gasteiger partial charge in [0.1, 0.15) is 11.2 Å². The topological polar surface area (TPSA) is 26.0 Å². The molecule has 0 saturated heterocycles. The number of benzene rings is 5. The van der Waals surface area contributed by atoms with E-state index in [1.165, 1.54) is 36.5 Å². The van der Waals surface area contributed by atoms with Crippen LogP contribution in [0.25, 0.3) is 66.2 Å². The summed E-state index contributed by atoms with van der Waals surface area (Å²) in [6.45, 7) is -10.7. The van der Waals surface area contributed by atoms with E-state index < -0.39 is 27.4 Å². The third-order valence-electron chi connectivity index (χ3n) is 7.21. The van der Waals surface area contributed by atoms with Gasteiger partial charge in [-0.2, -0.15) is 0 Å². The fraction of sp³-hybridized carbons (Fsp3) is 0.108. The lowest BCUT2D eigenvalue weighted by atomic mass is 9.91. The van der Waals surface area contributed by atoms with Gasteiger partial charge < -0.3 is 4.42 Å². The minimum Gasteiger partial charge on any atom is -0.455 e. The Labute approximate surface area is 245 Å². The molecule has 7 rings (SSSR count). The first-order valence-corrected chi connectivity index (χ1v) is 12.5. The summed E-state index contributed by atoms with van der Waals surface area (Å²) in [6, 6.07) is 27.0. The first-order chi connectivity index (χ1) is 23.8. The second-order valence-corrected chi connectivity index (χ2v) is 9.58. The Morgan fingerprint density at radius 1 is 0.564 bits per heavy atom. The minimum absolute atomic E-state index is 0.103. The van der Waals surface area contributed by atoms with Crippen molar-refractivity contribution in [2.45, 2.75) is 27.4 Å². The highest BCUT2D eigenvalue weighted by molar-refractivity contribution is 6.17. The zero-order valence-electron chi connectivity index (χ0n) is 32.7. The normalized spacial score (nSPS) is 17.4. The molecule has 39 heavy (non-hydrogen) atoms. The molecule has 5 aromatic carbocycles. The third-order valence-corrected chi connectivity index (χ3v) is 7.21. The number of hydrogen-bond acceptors (Lipinski definition) is 2. The van der Waals surface area contributed by atoms with Crippen molar-refractivity contribution >= 4 is 32.7 Å². The molecule has 7 aromatic rings. The second kappa shape index (κ2) is 8.96. The molecule has 0 unspecified atom stereocenters. The van der Waals surface area contributed by atoms with Crippen LogP contribution in [0.1, 0.15) is 38.7 Å². The first-order valence-electron chi connectivity index (χ1n) is 18.5. The summed E-state index contributed by atoms with van der Waals surface area (Å²) in [5.41, 5.74) is 1.94. The summed E-state index contributed by atoms with van der Waals surface area (Å²) in [5.74, 6) is 0. The van der Waals surface area contributed by atoms with Gasteiger partial charge in [0.15, 0.2) is 0 Å². The summed E-state index contributed by atoms with van der Waals surface area (Å²) < 4.78 is 104. The van der Waals surface area contributed by atoms with Crippen LogP contribution in [-0.2, 0) is 0 Å². The van der Waals surface area contributed by atoms with Gasteiger partial charge in [0.05, 0.1) is 5.69 Å². The Kier molecular flexibility index (Phi) is 3.19. The van der Waals surface area contributed by atoms with Crippen LogP contribution >= 0.6 is 0 Å². The van der Waals surface area contributed by atoms with Gasteiger partial charge in [-0.1, -0.05) is 84.4 Å². The van der Waals surface area contributed by atoms with E-state index in [1.807, 2.05) is 48.5 Å². The largest absolute Gasteiger partial charge is 0.455 e. The Balaban J connectivity index is 1.45. The highest BCUT2D eigenvalue weighted by Gasteiger charge is 2.17. The lowest BCUT2D eigenvalue weighted by molar-refractivity contribution is 0.673. The Morgan fingerprint density at radius 3 is 2.28 bits per heavy atom. The van der Waals surface area contributed by atoms with Crippen molar-refractivity contribution in [3.05, 3.63) is 126 Å². The van der Waals surface area contributed by atoms with E-state index in [-0.39, 0.29) is 44.5 Å². The maximum absolute atomic E-state index is 8.47. The molecule has 0 atom stereocenters. The summed E-state index contributed by atoms with van der Waals surface area (Å²) in [7, 11) is 0. The molecule has 2 heteroatoms. The van der Waals surface area contributed by atoms with Crippen LogP contribution in [0.15, 0.2) is 108 Å². The van der Waals surface area contributed by atoms with Gasteiger partial charge in [-0.15, -0.1) is 0 Å². The molecule has 188 valence electrons. The number of fused-ring (bicyclic) bond motifs is 5. The van der Waals surface area contributed by atoms with Crippen LogP contribution < -0.4 is 0 Å². The molecule has 0 fully saturated rings. The molecule has 0 aliphatic heterocycles. The number of aryl methyl sites for hydroxylation is 4. The van der Waals surface area contributed by atoms with Crippen molar-refractivity contribution in [3.63, 3.8) is 0 Å². The molecule has 2 aromatic heterocycles. The van der Waals surface area contributed by atoms with Crippen molar-refractivity contribution in [1.29, 1.82) is 0 Å². The minimum atomic E-state index is -2.76. The van der Waals surface area contributed by atoms with E-state index in [2.05, 4.69) is 4.98 Å². The zero-order valence-corrected chi connectivity index (χ0v) is 20.7. The number of para-hydroxylation sites is 1. The monoisotopic (exact) mass is 515 g/mol. The van der Waals surface area contributed by atoms with E-state index in [9.17, 15) is 0 Å². The molecule has 0 spiro atoms. The highest BCUT2D eigenvalue weighted by Crippen LogP contribution is 2.40. The smallest absolute Gasteiger partial charge is 0.144 e. The molecular formula is C37H29NO. The van der Waals surface area contributed by atoms with E-state index in [4.69, 9.17) is 20.9 Å². The fourth-order valence-electron chi connectivity index (χ4n) is 5.30. The van der Waals surface area contributed by atoms with Gasteiger partial charge in [0, 0.05) is 44.4 Å². The van der Waals surface area contributed by atoms with Crippen LogP contribution in [0.3, 0.4) is 0 Å². The van der Waals surface area contributed by atoms with E-state index in [0.717, 1.165) is 27.6 Å². The van der Waals surface area contributed by atoms with E-state index in [1.54, 1.807) is 12.1 Å². The molecule has 0 N–H and O–H groups in total. The molecule has 0 radical (unpaired) electrons. The quantitative estimate of drug-likeness (QED) is 0.234. The van der Waals surface area contributed by atoms with Gasteiger partial charge in [0.25, 0.3) is 0 Å². The number of rotatable bonds is 3. The zero-order chi connectivity index (χ0) is 36.7. The summed E-state index contributed by atoms with van der Waals surface area (Å²) >= 11 is 0. The van der Waals surface area contributed by atoms with Crippen LogP contribution in [-0.4, -0.2) is 4.98 Å². The van der Waals surface area contributed by atoms with Crippen LogP contribution in [0.5, 0.6) is 0 Å². The second-order valence-electron chi connectivity index (χ2n) is 9.58. The van der Waals surface area contributed by atoms with Crippen molar-refractivity contribution in [1.82, 2.24) is 4.98 Å². The van der Waals surface area contributed by atoms with Crippen molar-refractivity contribution in [3.8, 4) is 33.5 Å². The molecule has 0 aliphatic carbocycles. The molecule has 2 heterocycles. The number of aromatic nitrogens is 1. The predicted molar refractivity (Wildman–Crippen MR) is 164 cm³/mol. The number of hydrogen-bond donors (Lipinski definition) is 0. The molecule has 0 saturated carbocycles. The average Bonchev–Trinajstić information content (AvgIpc) is 3.45. The van der Waals surface area contributed by atoms with Gasteiger partial charge >= 0.3 is 0 Å². The third kappa shape index (κ3) is 3.83. The van der Waals surface area contributed by atoms with E-state index >= 15 is 0 Å². The Morgan fingerprint density at radius 2 is 1.38 bits per heavy atom. The standard InChI is InChI=1S/C37H29NO/c1-22-12-15-28(23(2)18-22)27-14-16-29(24(3)19-27)34-20-35(38-21-25(34)4)33-11-7-10-31-32-17-13-26-8-5-6-9-30(26)36(32)39-37(31)33/h5-21H,1-4H3/i1D3,2D3,3D3,4D3. The van der Waals surface area contributed by atoms with Gasteiger partial charge in [-0.3, -0.25) is 4.98 Å². The first kappa shape index (κ1) is 13.9. The predicted octanol–water partition coefficient (Wildman–Crippen LogP) is 10.4. The molecule has 0 aliphatic rings. The van der Waals surface area contributed by atoms with Crippen molar-refractivity contribution in [2.75, 3.05) is 0 Å². The van der Waals surface area contributed by atoms with Crippen molar-refractivity contribution in [2.24, 2.45) is 0 Å². The number of nitrogens with zero attached hydrogens (tertiary/aromatic N) is 1. The van der Waals surface area contributed by atoms with Crippen molar-refractivity contribution < 1.29 is 20.9 Å². The van der Waals surface area contributed by atoms with Crippen LogP contribution in [0.4, 0.5) is 0 Å². The van der Waals surface area contributed by atoms with E-state index in [0.29, 0.717) is 22.4 Å². The maximum Gasteiger partial charge on any atom is 0.144 e. The lowest BCUT2D eigenvalue weighted by Gasteiger charge is -2.14. The maximum atomic E-state index is 8.47. The molecule has 0 bridgehead atoms. The average molecular weight is 516 g/mol. The SMILES string of the molecule is [2H]C([2H])([2H])c1ccc(-c2ccc(-c3cc(-c4cccc5c4oc4c6ccccc6ccc54)ncc3C([2H])([2H])[2H])c(C([2H])([2H])[2H])c2)c(C([2H])([2H])[2H])c1. The Hall–Kier alpha value is -4.69. The van der Waals surface area contributed by atoms with Crippen LogP contribution in [0.2, 0.25) is 0 Å². The highest BCUT2D eigenvalue weighted by atomic mass is 16.3. The molecule has 0 amide bonds. The number of pyridine rings is 1. The van der Waals surface area contributed by atoms with Gasteiger partial charge in [0.2, 0.25) is 0 Å². The molecular weight excluding hydrogens is 474 g/mol. The summed E-state index contributed by atoms with van der Waals surface area (Å²) in [6.07, 6.45) is 1.23. The summed E-state index contributed by atoms with van der Waals surface area (Å²) in [5, 5.41) is 3.67. The Bertz CT molecular complexity index is 2480. The summed E-state index contributed by atoms with van der Waals surface area (Å²) in [4.78, 5) is 4.54. The van der Waals surface area contributed by atoms with Crippen LogP contribution in [0, 0.1) is 27.4 Å². The lowest BCUT2D eigenvalue weighted by Crippen LogP contribution is -1.93. The van der Waals surface area contributed by atoms with Gasteiger partial charge in [-0.05, 0) is 89.9 Å². The number of furan rings is 1.